The van der Waals surface area contributed by atoms with E-state index < -0.39 is 0 Å². The maximum absolute atomic E-state index is 12.0. The highest BCUT2D eigenvalue weighted by molar-refractivity contribution is 5.95. The molecule has 0 radical (unpaired) electrons. The van der Waals surface area contributed by atoms with E-state index in [9.17, 15) is 4.79 Å². The van der Waals surface area contributed by atoms with E-state index in [1.807, 2.05) is 6.92 Å². The van der Waals surface area contributed by atoms with Gasteiger partial charge in [-0.25, -0.2) is 5.43 Å². The first-order valence-electron chi connectivity index (χ1n) is 6.79. The maximum atomic E-state index is 12.0. The molecule has 0 aromatic heterocycles. The number of amides is 1. The number of nitrogens with one attached hydrogen (secondary N) is 1. The molecule has 1 amide bonds. The molecular weight excluding hydrogens is 256 g/mol. The molecule has 0 unspecified atom stereocenters. The first kappa shape index (κ1) is 14.4. The molecule has 0 saturated carbocycles. The molecule has 0 spiro atoms. The number of benzene rings is 1. The highest BCUT2D eigenvalue weighted by atomic mass is 16.7. The van der Waals surface area contributed by atoms with Crippen LogP contribution in [0.2, 0.25) is 0 Å². The SMILES string of the molecule is C/C(CCC(C)C)=N/NC(=O)c1ccc2c(c1)OCO2. The van der Waals surface area contributed by atoms with Crippen LogP contribution in [-0.4, -0.2) is 18.4 Å². The standard InChI is InChI=1S/C15H20N2O3/c1-10(2)4-5-11(3)16-17-15(18)12-6-7-13-14(8-12)20-9-19-13/h6-8,10H,4-5,9H2,1-3H3,(H,17,18)/b16-11-. The lowest BCUT2D eigenvalue weighted by Gasteiger charge is -2.05. The number of nitrogens with zero attached hydrogens (tertiary/aromatic N) is 1. The fraction of sp³-hybridized carbons (Fsp3) is 0.467. The van der Waals surface area contributed by atoms with Crippen molar-refractivity contribution in [2.45, 2.75) is 33.6 Å². The molecule has 5 heteroatoms. The van der Waals surface area contributed by atoms with Crippen molar-refractivity contribution < 1.29 is 14.3 Å². The summed E-state index contributed by atoms with van der Waals surface area (Å²) < 4.78 is 10.4. The Morgan fingerprint density at radius 1 is 1.35 bits per heavy atom. The summed E-state index contributed by atoms with van der Waals surface area (Å²) in [6, 6.07) is 5.09. The number of carbonyl (C=O) groups is 1. The van der Waals surface area contributed by atoms with Crippen LogP contribution in [0.1, 0.15) is 44.0 Å². The van der Waals surface area contributed by atoms with E-state index >= 15 is 0 Å². The molecule has 0 saturated heterocycles. The Labute approximate surface area is 119 Å². The van der Waals surface area contributed by atoms with Gasteiger partial charge in [-0.15, -0.1) is 0 Å². The van der Waals surface area contributed by atoms with E-state index in [1.54, 1.807) is 18.2 Å². The average molecular weight is 276 g/mol. The van der Waals surface area contributed by atoms with E-state index in [0.29, 0.717) is 23.0 Å². The Bertz CT molecular complexity index is 524. The normalized spacial score (nSPS) is 13.7. The third kappa shape index (κ3) is 3.73. The number of hydrogen-bond donors (Lipinski definition) is 1. The lowest BCUT2D eigenvalue weighted by molar-refractivity contribution is 0.0954. The van der Waals surface area contributed by atoms with Crippen LogP contribution >= 0.6 is 0 Å². The number of fused-ring (bicyclic) bond motifs is 1. The molecule has 0 atom stereocenters. The van der Waals surface area contributed by atoms with Gasteiger partial charge in [-0.05, 0) is 43.9 Å². The molecule has 0 aliphatic carbocycles. The van der Waals surface area contributed by atoms with Crippen molar-refractivity contribution in [2.75, 3.05) is 6.79 Å². The van der Waals surface area contributed by atoms with Crippen molar-refractivity contribution in [2.24, 2.45) is 11.0 Å². The van der Waals surface area contributed by atoms with Gasteiger partial charge in [0.15, 0.2) is 11.5 Å². The molecule has 1 heterocycles. The van der Waals surface area contributed by atoms with E-state index in [-0.39, 0.29) is 12.7 Å². The predicted molar refractivity (Wildman–Crippen MR) is 77.2 cm³/mol. The van der Waals surface area contributed by atoms with Crippen LogP contribution in [0.5, 0.6) is 11.5 Å². The molecule has 20 heavy (non-hydrogen) atoms. The topological polar surface area (TPSA) is 59.9 Å². The fourth-order valence-electron chi connectivity index (χ4n) is 1.80. The molecule has 0 fully saturated rings. The molecule has 1 aliphatic heterocycles. The van der Waals surface area contributed by atoms with E-state index in [2.05, 4.69) is 24.4 Å². The summed E-state index contributed by atoms with van der Waals surface area (Å²) in [6.07, 6.45) is 1.95. The van der Waals surface area contributed by atoms with Gasteiger partial charge < -0.3 is 9.47 Å². The van der Waals surface area contributed by atoms with E-state index in [1.165, 1.54) is 0 Å². The summed E-state index contributed by atoms with van der Waals surface area (Å²) in [5.74, 6) is 1.65. The number of carbonyl (C=O) groups excluding carboxylic acids is 1. The summed E-state index contributed by atoms with van der Waals surface area (Å²) in [6.45, 7) is 6.45. The van der Waals surface area contributed by atoms with Crippen LogP contribution in [-0.2, 0) is 0 Å². The quantitative estimate of drug-likeness (QED) is 0.664. The van der Waals surface area contributed by atoms with Gasteiger partial charge >= 0.3 is 0 Å². The second-order valence-corrected chi connectivity index (χ2v) is 5.29. The molecule has 1 aliphatic rings. The van der Waals surface area contributed by atoms with Gasteiger partial charge in [-0.3, -0.25) is 4.79 Å². The summed E-state index contributed by atoms with van der Waals surface area (Å²) in [4.78, 5) is 12.0. The zero-order valence-electron chi connectivity index (χ0n) is 12.1. The Morgan fingerprint density at radius 2 is 2.10 bits per heavy atom. The van der Waals surface area contributed by atoms with Crippen LogP contribution < -0.4 is 14.9 Å². The molecule has 108 valence electrons. The van der Waals surface area contributed by atoms with Gasteiger partial charge in [0, 0.05) is 11.3 Å². The largest absolute Gasteiger partial charge is 0.454 e. The predicted octanol–water partition coefficient (Wildman–Crippen LogP) is 2.96. The molecule has 1 aromatic rings. The maximum Gasteiger partial charge on any atom is 0.271 e. The highest BCUT2D eigenvalue weighted by Gasteiger charge is 2.15. The van der Waals surface area contributed by atoms with Gasteiger partial charge in [-0.2, -0.15) is 5.10 Å². The van der Waals surface area contributed by atoms with Gasteiger partial charge in [-0.1, -0.05) is 13.8 Å². The zero-order chi connectivity index (χ0) is 14.5. The van der Waals surface area contributed by atoms with Crippen molar-refractivity contribution in [3.8, 4) is 11.5 Å². The molecule has 5 nitrogen and oxygen atoms in total. The minimum atomic E-state index is -0.243. The second kappa shape index (κ2) is 6.41. The Balaban J connectivity index is 1.93. The van der Waals surface area contributed by atoms with Crippen LogP contribution in [0.3, 0.4) is 0 Å². The van der Waals surface area contributed by atoms with E-state index in [0.717, 1.165) is 18.6 Å². The minimum absolute atomic E-state index is 0.201. The first-order chi connectivity index (χ1) is 9.56. The minimum Gasteiger partial charge on any atom is -0.454 e. The zero-order valence-corrected chi connectivity index (χ0v) is 12.1. The van der Waals surface area contributed by atoms with Gasteiger partial charge in [0.25, 0.3) is 5.91 Å². The lowest BCUT2D eigenvalue weighted by atomic mass is 10.1. The molecule has 1 N–H and O–H groups in total. The third-order valence-corrected chi connectivity index (χ3v) is 3.07. The van der Waals surface area contributed by atoms with Gasteiger partial charge in [0.05, 0.1) is 0 Å². The van der Waals surface area contributed by atoms with Gasteiger partial charge in [0.2, 0.25) is 6.79 Å². The average Bonchev–Trinajstić information content (AvgIpc) is 2.89. The molecule has 1 aromatic carbocycles. The monoisotopic (exact) mass is 276 g/mol. The Kier molecular flexibility index (Phi) is 4.61. The summed E-state index contributed by atoms with van der Waals surface area (Å²) in [5, 5.41) is 4.11. The van der Waals surface area contributed by atoms with Crippen molar-refractivity contribution in [1.29, 1.82) is 0 Å². The summed E-state index contributed by atoms with van der Waals surface area (Å²) >= 11 is 0. The summed E-state index contributed by atoms with van der Waals surface area (Å²) in [7, 11) is 0. The number of hydrazone groups is 1. The Morgan fingerprint density at radius 3 is 2.85 bits per heavy atom. The first-order valence-corrected chi connectivity index (χ1v) is 6.79. The Hall–Kier alpha value is -2.04. The molecular formula is C15H20N2O3. The molecule has 2 rings (SSSR count). The van der Waals surface area contributed by atoms with Gasteiger partial charge in [0.1, 0.15) is 0 Å². The third-order valence-electron chi connectivity index (χ3n) is 3.07. The van der Waals surface area contributed by atoms with E-state index in [4.69, 9.17) is 9.47 Å². The fourth-order valence-corrected chi connectivity index (χ4v) is 1.80. The molecule has 0 bridgehead atoms. The van der Waals surface area contributed by atoms with Crippen LogP contribution in [0.4, 0.5) is 0 Å². The smallest absolute Gasteiger partial charge is 0.271 e. The number of rotatable bonds is 5. The van der Waals surface area contributed by atoms with Crippen LogP contribution in [0.15, 0.2) is 23.3 Å². The van der Waals surface area contributed by atoms with Crippen molar-refractivity contribution in [3.63, 3.8) is 0 Å². The van der Waals surface area contributed by atoms with Crippen molar-refractivity contribution in [1.82, 2.24) is 5.43 Å². The number of ether oxygens (including phenoxy) is 2. The van der Waals surface area contributed by atoms with Crippen molar-refractivity contribution in [3.05, 3.63) is 23.8 Å². The second-order valence-electron chi connectivity index (χ2n) is 5.29. The van der Waals surface area contributed by atoms with Crippen LogP contribution in [0, 0.1) is 5.92 Å². The summed E-state index contributed by atoms with van der Waals surface area (Å²) in [5.41, 5.74) is 4.00. The lowest BCUT2D eigenvalue weighted by Crippen LogP contribution is -2.19. The van der Waals surface area contributed by atoms with Crippen LogP contribution in [0.25, 0.3) is 0 Å². The highest BCUT2D eigenvalue weighted by Crippen LogP contribution is 2.32. The number of hydrogen-bond acceptors (Lipinski definition) is 4. The van der Waals surface area contributed by atoms with Crippen molar-refractivity contribution >= 4 is 11.6 Å².